The summed E-state index contributed by atoms with van der Waals surface area (Å²) in [7, 11) is 0. The van der Waals surface area contributed by atoms with Gasteiger partial charge < -0.3 is 14.6 Å². The van der Waals surface area contributed by atoms with E-state index < -0.39 is 5.97 Å². The molecule has 0 aromatic heterocycles. The molecule has 4 nitrogen and oxygen atoms in total. The summed E-state index contributed by atoms with van der Waals surface area (Å²) in [5, 5.41) is 9.15. The summed E-state index contributed by atoms with van der Waals surface area (Å²) in [5.41, 5.74) is 0.826. The van der Waals surface area contributed by atoms with Gasteiger partial charge in [0.15, 0.2) is 11.5 Å². The normalized spacial score (nSPS) is 10.6. The smallest absolute Gasteiger partial charge is 0.303 e. The van der Waals surface area contributed by atoms with Crippen molar-refractivity contribution in [3.8, 4) is 11.5 Å². The summed E-state index contributed by atoms with van der Waals surface area (Å²) in [5.74, 6) is 0.235. The van der Waals surface area contributed by atoms with Crippen LogP contribution in [0, 0.1) is 0 Å². The van der Waals surface area contributed by atoms with Gasteiger partial charge >= 0.3 is 5.97 Å². The van der Waals surface area contributed by atoms with Crippen molar-refractivity contribution in [3.63, 3.8) is 0 Å². The van der Waals surface area contributed by atoms with Gasteiger partial charge in [0.1, 0.15) is 0 Å². The van der Waals surface area contributed by atoms with Crippen molar-refractivity contribution in [1.82, 2.24) is 0 Å². The van der Waals surface area contributed by atoms with Gasteiger partial charge in [-0.15, -0.1) is 0 Å². The molecule has 0 aliphatic heterocycles. The fraction of sp³-hybridized carbons (Fsp3) is 0.500. The minimum absolute atomic E-state index is 0.0124. The molecule has 0 bridgehead atoms. The Bertz CT molecular complexity index is 443. The summed E-state index contributed by atoms with van der Waals surface area (Å²) in [6.45, 7) is 6.18. The number of benzene rings is 1. The Morgan fingerprint density at radius 2 is 2.11 bits per heavy atom. The van der Waals surface area contributed by atoms with Crippen LogP contribution in [-0.4, -0.2) is 23.8 Å². The van der Waals surface area contributed by atoms with Gasteiger partial charge in [0, 0.05) is 6.42 Å². The molecule has 0 radical (unpaired) electrons. The second kappa shape index (κ2) is 7.24. The lowest BCUT2D eigenvalue weighted by Crippen LogP contribution is -2.08. The molecule has 0 saturated heterocycles. The van der Waals surface area contributed by atoms with Gasteiger partial charge in [-0.1, -0.05) is 11.6 Å². The van der Waals surface area contributed by atoms with Crippen LogP contribution >= 0.6 is 11.6 Å². The molecule has 5 heteroatoms. The first-order valence-electron chi connectivity index (χ1n) is 6.27. The first kappa shape index (κ1) is 15.6. The fourth-order valence-corrected chi connectivity index (χ4v) is 1.91. The van der Waals surface area contributed by atoms with E-state index in [4.69, 9.17) is 26.2 Å². The molecule has 19 heavy (non-hydrogen) atoms. The van der Waals surface area contributed by atoms with E-state index in [9.17, 15) is 4.79 Å². The van der Waals surface area contributed by atoms with Gasteiger partial charge in [-0.3, -0.25) is 4.79 Å². The molecular formula is C14H19ClO4. The number of hydrogen-bond donors (Lipinski definition) is 1. The highest BCUT2D eigenvalue weighted by Gasteiger charge is 2.14. The van der Waals surface area contributed by atoms with Crippen LogP contribution in [0.4, 0.5) is 0 Å². The van der Waals surface area contributed by atoms with Crippen molar-refractivity contribution in [2.24, 2.45) is 0 Å². The first-order valence-corrected chi connectivity index (χ1v) is 6.65. The first-order chi connectivity index (χ1) is 8.93. The average Bonchev–Trinajstić information content (AvgIpc) is 2.31. The van der Waals surface area contributed by atoms with E-state index in [-0.39, 0.29) is 12.5 Å². The number of halogens is 1. The predicted octanol–water partition coefficient (Wildman–Crippen LogP) is 3.54. The minimum Gasteiger partial charge on any atom is -0.490 e. The van der Waals surface area contributed by atoms with Crippen molar-refractivity contribution < 1.29 is 19.4 Å². The Hall–Kier alpha value is -1.42. The van der Waals surface area contributed by atoms with Crippen LogP contribution < -0.4 is 9.47 Å². The van der Waals surface area contributed by atoms with Crippen LogP contribution in [0.1, 0.15) is 32.8 Å². The monoisotopic (exact) mass is 286 g/mol. The highest BCUT2D eigenvalue weighted by molar-refractivity contribution is 6.32. The zero-order valence-electron chi connectivity index (χ0n) is 11.4. The Labute approximate surface area is 118 Å². The molecule has 1 aromatic carbocycles. The Kier molecular flexibility index (Phi) is 5.96. The van der Waals surface area contributed by atoms with E-state index in [2.05, 4.69) is 0 Å². The fourth-order valence-electron chi connectivity index (χ4n) is 1.63. The van der Waals surface area contributed by atoms with Crippen molar-refractivity contribution >= 4 is 17.6 Å². The Morgan fingerprint density at radius 1 is 1.42 bits per heavy atom. The maximum absolute atomic E-state index is 10.6. The number of ether oxygens (including phenoxy) is 2. The summed E-state index contributed by atoms with van der Waals surface area (Å²) >= 11 is 6.18. The molecule has 106 valence electrons. The van der Waals surface area contributed by atoms with E-state index in [1.165, 1.54) is 0 Å². The van der Waals surface area contributed by atoms with Crippen molar-refractivity contribution in [1.29, 1.82) is 0 Å². The third-order valence-electron chi connectivity index (χ3n) is 2.35. The molecule has 0 heterocycles. The zero-order chi connectivity index (χ0) is 14.4. The van der Waals surface area contributed by atoms with E-state index in [0.29, 0.717) is 29.5 Å². The second-order valence-corrected chi connectivity index (χ2v) is 4.81. The highest BCUT2D eigenvalue weighted by Crippen LogP contribution is 2.37. The number of rotatable bonds is 7. The van der Waals surface area contributed by atoms with Crippen LogP contribution in [0.15, 0.2) is 12.1 Å². The lowest BCUT2D eigenvalue weighted by atomic mass is 10.1. The average molecular weight is 287 g/mol. The standard InChI is InChI=1S/C14H19ClO4/c1-4-18-12-8-10(5-6-13(16)17)7-11(15)14(12)19-9(2)3/h7-9H,4-6H2,1-3H3,(H,16,17). The molecule has 0 aliphatic carbocycles. The molecule has 0 atom stereocenters. The molecule has 0 saturated carbocycles. The number of carboxylic acids is 1. The van der Waals surface area contributed by atoms with Gasteiger partial charge in [0.25, 0.3) is 0 Å². The van der Waals surface area contributed by atoms with E-state index in [1.807, 2.05) is 20.8 Å². The Balaban J connectivity index is 3.02. The molecule has 0 unspecified atom stereocenters. The van der Waals surface area contributed by atoms with Crippen LogP contribution in [0.3, 0.4) is 0 Å². The van der Waals surface area contributed by atoms with Gasteiger partial charge in [-0.05, 0) is 44.9 Å². The molecule has 1 rings (SSSR count). The molecule has 1 aromatic rings. The van der Waals surface area contributed by atoms with Gasteiger partial charge in [-0.2, -0.15) is 0 Å². The second-order valence-electron chi connectivity index (χ2n) is 4.40. The van der Waals surface area contributed by atoms with Crippen molar-refractivity contribution in [3.05, 3.63) is 22.7 Å². The lowest BCUT2D eigenvalue weighted by Gasteiger charge is -2.17. The molecular weight excluding hydrogens is 268 g/mol. The van der Waals surface area contributed by atoms with Crippen LogP contribution in [-0.2, 0) is 11.2 Å². The van der Waals surface area contributed by atoms with Gasteiger partial charge in [-0.25, -0.2) is 0 Å². The predicted molar refractivity (Wildman–Crippen MR) is 74.3 cm³/mol. The third-order valence-corrected chi connectivity index (χ3v) is 2.63. The highest BCUT2D eigenvalue weighted by atomic mass is 35.5. The molecule has 0 spiro atoms. The number of carboxylic acid groups (broad SMARTS) is 1. The number of carbonyl (C=O) groups is 1. The lowest BCUT2D eigenvalue weighted by molar-refractivity contribution is -0.136. The molecule has 1 N–H and O–H groups in total. The number of aryl methyl sites for hydroxylation is 1. The van der Waals surface area contributed by atoms with E-state index in [1.54, 1.807) is 12.1 Å². The number of aliphatic carboxylic acids is 1. The van der Waals surface area contributed by atoms with Crippen molar-refractivity contribution in [2.45, 2.75) is 39.7 Å². The van der Waals surface area contributed by atoms with Crippen LogP contribution in [0.2, 0.25) is 5.02 Å². The number of hydrogen-bond acceptors (Lipinski definition) is 3. The molecule has 0 fully saturated rings. The third kappa shape index (κ3) is 4.99. The van der Waals surface area contributed by atoms with Crippen LogP contribution in [0.25, 0.3) is 0 Å². The van der Waals surface area contributed by atoms with Gasteiger partial charge in [0.2, 0.25) is 0 Å². The van der Waals surface area contributed by atoms with Crippen LogP contribution in [0.5, 0.6) is 11.5 Å². The summed E-state index contributed by atoms with van der Waals surface area (Å²) in [6.07, 6.45) is 0.463. The van der Waals surface area contributed by atoms with E-state index >= 15 is 0 Å². The maximum Gasteiger partial charge on any atom is 0.303 e. The minimum atomic E-state index is -0.836. The Morgan fingerprint density at radius 3 is 2.63 bits per heavy atom. The topological polar surface area (TPSA) is 55.8 Å². The summed E-state index contributed by atoms with van der Waals surface area (Å²) < 4.78 is 11.1. The van der Waals surface area contributed by atoms with Gasteiger partial charge in [0.05, 0.1) is 17.7 Å². The largest absolute Gasteiger partial charge is 0.490 e. The molecule has 0 aliphatic rings. The SMILES string of the molecule is CCOc1cc(CCC(=O)O)cc(Cl)c1OC(C)C. The maximum atomic E-state index is 10.6. The zero-order valence-corrected chi connectivity index (χ0v) is 12.2. The molecule has 0 amide bonds. The van der Waals surface area contributed by atoms with E-state index in [0.717, 1.165) is 5.56 Å². The van der Waals surface area contributed by atoms with Crippen molar-refractivity contribution in [2.75, 3.05) is 6.61 Å². The quantitative estimate of drug-likeness (QED) is 0.833. The summed E-state index contributed by atoms with van der Waals surface area (Å²) in [4.78, 5) is 10.6. The summed E-state index contributed by atoms with van der Waals surface area (Å²) in [6, 6.07) is 3.51.